The summed E-state index contributed by atoms with van der Waals surface area (Å²) in [7, 11) is -3.54. The van der Waals surface area contributed by atoms with E-state index in [2.05, 4.69) is 10.3 Å². The highest BCUT2D eigenvalue weighted by molar-refractivity contribution is 7.91. The van der Waals surface area contributed by atoms with Gasteiger partial charge >= 0.3 is 0 Å². The third kappa shape index (κ3) is 3.88. The number of thiazole rings is 1. The van der Waals surface area contributed by atoms with E-state index in [0.717, 1.165) is 10.2 Å². The Labute approximate surface area is 169 Å². The van der Waals surface area contributed by atoms with Crippen molar-refractivity contribution in [2.45, 2.75) is 17.1 Å². The van der Waals surface area contributed by atoms with Crippen LogP contribution in [0.15, 0.2) is 39.9 Å². The summed E-state index contributed by atoms with van der Waals surface area (Å²) in [5, 5.41) is 5.68. The lowest BCUT2D eigenvalue weighted by atomic mass is 9.99. The Morgan fingerprint density at radius 1 is 1.33 bits per heavy atom. The van der Waals surface area contributed by atoms with Crippen LogP contribution in [0.2, 0.25) is 5.02 Å². The van der Waals surface area contributed by atoms with Gasteiger partial charge in [-0.05, 0) is 42.5 Å². The minimum Gasteiger partial charge on any atom is -0.302 e. The summed E-state index contributed by atoms with van der Waals surface area (Å²) in [6.07, 6.45) is 1.30. The van der Waals surface area contributed by atoms with Gasteiger partial charge in [0.2, 0.25) is 5.91 Å². The number of hydrogen-bond acceptors (Lipinski definition) is 6. The van der Waals surface area contributed by atoms with Crippen LogP contribution in [0.25, 0.3) is 10.2 Å². The van der Waals surface area contributed by atoms with Crippen molar-refractivity contribution in [3.63, 3.8) is 0 Å². The Bertz CT molecular complexity index is 1080. The predicted octanol–water partition coefficient (Wildman–Crippen LogP) is 4.05. The topological polar surface area (TPSA) is 79.4 Å². The SMILES string of the molecule is O=C(Nc1nc2ccc(Cl)cc2s1)[C@H]1CCCN(S(=O)(=O)c2cccs2)C1. The number of nitrogens with zero attached hydrogens (tertiary/aromatic N) is 2. The Kier molecular flexibility index (Phi) is 5.21. The van der Waals surface area contributed by atoms with E-state index in [-0.39, 0.29) is 12.5 Å². The Morgan fingerprint density at radius 2 is 2.19 bits per heavy atom. The molecule has 0 spiro atoms. The van der Waals surface area contributed by atoms with Crippen LogP contribution in [0.5, 0.6) is 0 Å². The number of rotatable bonds is 4. The van der Waals surface area contributed by atoms with Gasteiger partial charge in [0.15, 0.2) is 5.13 Å². The third-order valence-corrected chi connectivity index (χ3v) is 8.83. The molecule has 1 fully saturated rings. The van der Waals surface area contributed by atoms with Crippen molar-refractivity contribution in [1.82, 2.24) is 9.29 Å². The molecule has 142 valence electrons. The summed E-state index contributed by atoms with van der Waals surface area (Å²) < 4.78 is 28.0. The van der Waals surface area contributed by atoms with Gasteiger partial charge in [0.25, 0.3) is 10.0 Å². The molecule has 0 radical (unpaired) electrons. The number of thiophene rings is 1. The maximum atomic E-state index is 12.7. The van der Waals surface area contributed by atoms with Gasteiger partial charge in [-0.25, -0.2) is 13.4 Å². The number of sulfonamides is 1. The maximum Gasteiger partial charge on any atom is 0.252 e. The molecule has 10 heteroatoms. The lowest BCUT2D eigenvalue weighted by Crippen LogP contribution is -2.43. The average molecular weight is 442 g/mol. The van der Waals surface area contributed by atoms with Gasteiger partial charge in [-0.2, -0.15) is 4.31 Å². The number of carbonyl (C=O) groups is 1. The molecule has 3 aromatic rings. The first-order valence-corrected chi connectivity index (χ1v) is 11.9. The van der Waals surface area contributed by atoms with E-state index in [1.165, 1.54) is 27.0 Å². The molecule has 3 heterocycles. The molecule has 4 rings (SSSR count). The van der Waals surface area contributed by atoms with Crippen LogP contribution in [-0.4, -0.2) is 36.7 Å². The summed E-state index contributed by atoms with van der Waals surface area (Å²) >= 11 is 8.53. The number of piperidine rings is 1. The molecule has 2 aromatic heterocycles. The second-order valence-corrected chi connectivity index (χ2v) is 10.8. The second-order valence-electron chi connectivity index (χ2n) is 6.25. The normalized spacial score (nSPS) is 18.6. The molecule has 1 aromatic carbocycles. The van der Waals surface area contributed by atoms with Crippen molar-refractivity contribution in [2.75, 3.05) is 18.4 Å². The minimum absolute atomic E-state index is 0.183. The molecule has 1 atom stereocenters. The van der Waals surface area contributed by atoms with Crippen LogP contribution < -0.4 is 5.32 Å². The number of halogens is 1. The van der Waals surface area contributed by atoms with E-state index in [4.69, 9.17) is 11.6 Å². The number of fused-ring (bicyclic) bond motifs is 1. The number of nitrogens with one attached hydrogen (secondary N) is 1. The summed E-state index contributed by atoms with van der Waals surface area (Å²) in [6.45, 7) is 0.618. The van der Waals surface area contributed by atoms with Crippen LogP contribution >= 0.6 is 34.3 Å². The van der Waals surface area contributed by atoms with Crippen LogP contribution in [0.3, 0.4) is 0 Å². The molecule has 1 N–H and O–H groups in total. The van der Waals surface area contributed by atoms with Gasteiger partial charge < -0.3 is 5.32 Å². The first-order chi connectivity index (χ1) is 12.9. The molecule has 0 aliphatic carbocycles. The lowest BCUT2D eigenvalue weighted by molar-refractivity contribution is -0.120. The minimum atomic E-state index is -3.54. The Hall–Kier alpha value is -1.52. The summed E-state index contributed by atoms with van der Waals surface area (Å²) in [6, 6.07) is 8.67. The molecule has 1 aliphatic rings. The van der Waals surface area contributed by atoms with Crippen LogP contribution in [0.1, 0.15) is 12.8 Å². The van der Waals surface area contributed by atoms with Crippen molar-refractivity contribution in [1.29, 1.82) is 0 Å². The van der Waals surface area contributed by atoms with Gasteiger partial charge in [-0.15, -0.1) is 11.3 Å². The fourth-order valence-electron chi connectivity index (χ4n) is 3.07. The fourth-order valence-corrected chi connectivity index (χ4v) is 6.88. The zero-order valence-corrected chi connectivity index (χ0v) is 17.3. The van der Waals surface area contributed by atoms with Crippen LogP contribution in [0, 0.1) is 5.92 Å². The zero-order chi connectivity index (χ0) is 19.0. The lowest BCUT2D eigenvalue weighted by Gasteiger charge is -2.30. The summed E-state index contributed by atoms with van der Waals surface area (Å²) in [5.74, 6) is -0.602. The molecule has 1 saturated heterocycles. The third-order valence-electron chi connectivity index (χ3n) is 4.42. The van der Waals surface area contributed by atoms with Gasteiger partial charge in [0, 0.05) is 18.1 Å². The van der Waals surface area contributed by atoms with E-state index in [1.807, 2.05) is 0 Å². The van der Waals surface area contributed by atoms with E-state index < -0.39 is 15.9 Å². The summed E-state index contributed by atoms with van der Waals surface area (Å²) in [5.41, 5.74) is 0.769. The highest BCUT2D eigenvalue weighted by atomic mass is 35.5. The van der Waals surface area contributed by atoms with E-state index in [9.17, 15) is 13.2 Å². The predicted molar refractivity (Wildman–Crippen MR) is 109 cm³/mol. The monoisotopic (exact) mass is 441 g/mol. The molecule has 0 saturated carbocycles. The quantitative estimate of drug-likeness (QED) is 0.662. The molecule has 1 amide bonds. The molecule has 27 heavy (non-hydrogen) atoms. The van der Waals surface area contributed by atoms with Crippen molar-refractivity contribution in [2.24, 2.45) is 5.92 Å². The van der Waals surface area contributed by atoms with Gasteiger partial charge in [-0.1, -0.05) is 29.0 Å². The summed E-state index contributed by atoms with van der Waals surface area (Å²) in [4.78, 5) is 17.1. The first kappa shape index (κ1) is 18.8. The van der Waals surface area contributed by atoms with Crippen molar-refractivity contribution in [3.05, 3.63) is 40.7 Å². The Balaban J connectivity index is 1.48. The number of carbonyl (C=O) groups excluding carboxylic acids is 1. The fraction of sp³-hybridized carbons (Fsp3) is 0.294. The smallest absolute Gasteiger partial charge is 0.252 e. The molecule has 1 aliphatic heterocycles. The number of hydrogen-bond donors (Lipinski definition) is 1. The first-order valence-electron chi connectivity index (χ1n) is 8.34. The highest BCUT2D eigenvalue weighted by Crippen LogP contribution is 2.30. The van der Waals surface area contributed by atoms with Crippen LogP contribution in [0.4, 0.5) is 5.13 Å². The Morgan fingerprint density at radius 3 is 2.96 bits per heavy atom. The standard InChI is InChI=1S/C17H16ClN3O3S3/c18-12-5-6-13-14(9-12)26-17(19-13)20-16(22)11-3-1-7-21(10-11)27(23,24)15-4-2-8-25-15/h2,4-6,8-9,11H,1,3,7,10H2,(H,19,20,22)/t11-/m0/s1. The van der Waals surface area contributed by atoms with E-state index in [0.29, 0.717) is 33.7 Å². The van der Waals surface area contributed by atoms with Crippen molar-refractivity contribution in [3.8, 4) is 0 Å². The second kappa shape index (κ2) is 7.48. The maximum absolute atomic E-state index is 12.7. The van der Waals surface area contributed by atoms with E-state index >= 15 is 0 Å². The van der Waals surface area contributed by atoms with E-state index in [1.54, 1.807) is 35.7 Å². The van der Waals surface area contributed by atoms with Gasteiger partial charge in [-0.3, -0.25) is 4.79 Å². The number of aromatic nitrogens is 1. The zero-order valence-electron chi connectivity index (χ0n) is 14.1. The highest BCUT2D eigenvalue weighted by Gasteiger charge is 2.34. The van der Waals surface area contributed by atoms with Crippen molar-refractivity contribution < 1.29 is 13.2 Å². The number of benzene rings is 1. The number of amides is 1. The molecule has 0 unspecified atom stereocenters. The molecule has 0 bridgehead atoms. The number of anilines is 1. The van der Waals surface area contributed by atoms with Crippen LogP contribution in [-0.2, 0) is 14.8 Å². The molecule has 6 nitrogen and oxygen atoms in total. The van der Waals surface area contributed by atoms with Gasteiger partial charge in [0.05, 0.1) is 16.1 Å². The average Bonchev–Trinajstić information content (AvgIpc) is 3.31. The van der Waals surface area contributed by atoms with Gasteiger partial charge in [0.1, 0.15) is 4.21 Å². The largest absolute Gasteiger partial charge is 0.302 e. The molecular weight excluding hydrogens is 426 g/mol. The molecular formula is C17H16ClN3O3S3. The van der Waals surface area contributed by atoms with Crippen molar-refractivity contribution >= 4 is 65.6 Å².